The van der Waals surface area contributed by atoms with Crippen molar-refractivity contribution in [2.24, 2.45) is 23.7 Å². The highest BCUT2D eigenvalue weighted by Crippen LogP contribution is 2.54. The molecule has 0 aromatic carbocycles. The average molecular weight is 287 g/mol. The van der Waals surface area contributed by atoms with Crippen LogP contribution < -0.4 is 0 Å². The average Bonchev–Trinajstić information content (AvgIpc) is 2.23. The summed E-state index contributed by atoms with van der Waals surface area (Å²) in [6, 6.07) is 0. The van der Waals surface area contributed by atoms with Crippen LogP contribution in [0.5, 0.6) is 0 Å². The van der Waals surface area contributed by atoms with Crippen LogP contribution >= 0.6 is 15.9 Å². The molecule has 90 valence electrons. The predicted octanol–water partition coefficient (Wildman–Crippen LogP) is 3.14. The Morgan fingerprint density at radius 1 is 1.06 bits per heavy atom. The number of halogens is 1. The molecule has 0 aromatic rings. The number of hydrogen-bond donors (Lipinski definition) is 0. The number of hydrogen-bond acceptors (Lipinski definition) is 2. The van der Waals surface area contributed by atoms with E-state index < -0.39 is 0 Å². The van der Waals surface area contributed by atoms with Crippen LogP contribution in [0.2, 0.25) is 0 Å². The fourth-order valence-electron chi connectivity index (χ4n) is 4.36. The smallest absolute Gasteiger partial charge is 0.306 e. The largest absolute Gasteiger partial charge is 0.462 e. The minimum atomic E-state index is -0.00523. The summed E-state index contributed by atoms with van der Waals surface area (Å²) >= 11 is 3.29. The van der Waals surface area contributed by atoms with Crippen LogP contribution in [0.25, 0.3) is 0 Å². The van der Waals surface area contributed by atoms with Gasteiger partial charge in [0.15, 0.2) is 0 Å². The zero-order chi connectivity index (χ0) is 11.1. The van der Waals surface area contributed by atoms with E-state index in [-0.39, 0.29) is 12.1 Å². The lowest BCUT2D eigenvalue weighted by Crippen LogP contribution is -2.50. The van der Waals surface area contributed by atoms with Crippen LogP contribution in [0.4, 0.5) is 0 Å². The van der Waals surface area contributed by atoms with Crippen molar-refractivity contribution in [3.8, 4) is 0 Å². The molecule has 4 aliphatic rings. The topological polar surface area (TPSA) is 26.3 Å². The second kappa shape index (κ2) is 4.32. The molecule has 0 amide bonds. The lowest BCUT2D eigenvalue weighted by Gasteiger charge is -2.53. The highest BCUT2D eigenvalue weighted by molar-refractivity contribution is 9.09. The number of carbonyl (C=O) groups excluding carboxylic acids is 1. The molecule has 2 nitrogen and oxygen atoms in total. The fraction of sp³-hybridized carbons (Fsp3) is 0.923. The third kappa shape index (κ3) is 1.92. The normalized spacial score (nSPS) is 44.7. The van der Waals surface area contributed by atoms with E-state index in [4.69, 9.17) is 4.74 Å². The summed E-state index contributed by atoms with van der Waals surface area (Å²) in [5, 5.41) is 0.721. The molecule has 0 spiro atoms. The van der Waals surface area contributed by atoms with E-state index in [2.05, 4.69) is 15.9 Å². The second-order valence-electron chi connectivity index (χ2n) is 5.82. The molecule has 0 heterocycles. The predicted molar refractivity (Wildman–Crippen MR) is 65.3 cm³/mol. The summed E-state index contributed by atoms with van der Waals surface area (Å²) in [6.07, 6.45) is 7.51. The summed E-state index contributed by atoms with van der Waals surface area (Å²) in [7, 11) is 0. The van der Waals surface area contributed by atoms with Crippen molar-refractivity contribution in [1.29, 1.82) is 0 Å². The van der Waals surface area contributed by atoms with Gasteiger partial charge in [0.1, 0.15) is 6.10 Å². The maximum atomic E-state index is 11.6. The van der Waals surface area contributed by atoms with E-state index in [0.717, 1.165) is 17.2 Å². The van der Waals surface area contributed by atoms with Crippen molar-refractivity contribution in [2.45, 2.75) is 44.6 Å². The first kappa shape index (κ1) is 11.1. The number of carbonyl (C=O) groups is 1. The van der Waals surface area contributed by atoms with Gasteiger partial charge in [0, 0.05) is 5.33 Å². The van der Waals surface area contributed by atoms with E-state index >= 15 is 0 Å². The van der Waals surface area contributed by atoms with Gasteiger partial charge in [-0.1, -0.05) is 15.9 Å². The number of alkyl halides is 1. The van der Waals surface area contributed by atoms with Crippen LogP contribution in [0.1, 0.15) is 38.5 Å². The maximum Gasteiger partial charge on any atom is 0.306 e. The molecule has 0 N–H and O–H groups in total. The van der Waals surface area contributed by atoms with Crippen molar-refractivity contribution in [1.82, 2.24) is 0 Å². The van der Waals surface area contributed by atoms with Gasteiger partial charge >= 0.3 is 5.97 Å². The quantitative estimate of drug-likeness (QED) is 0.589. The van der Waals surface area contributed by atoms with Crippen LogP contribution in [0.15, 0.2) is 0 Å². The van der Waals surface area contributed by atoms with Gasteiger partial charge in [0.25, 0.3) is 0 Å². The van der Waals surface area contributed by atoms with Crippen molar-refractivity contribution in [3.05, 3.63) is 0 Å². The molecule has 0 unspecified atom stereocenters. The van der Waals surface area contributed by atoms with Crippen LogP contribution in [0.3, 0.4) is 0 Å². The zero-order valence-corrected chi connectivity index (χ0v) is 11.1. The van der Waals surface area contributed by atoms with Gasteiger partial charge in [0.2, 0.25) is 0 Å². The summed E-state index contributed by atoms with van der Waals surface area (Å²) in [5.41, 5.74) is 0. The number of ether oxygens (including phenoxy) is 1. The van der Waals surface area contributed by atoms with Crippen molar-refractivity contribution in [2.75, 3.05) is 5.33 Å². The molecule has 0 radical (unpaired) electrons. The minimum absolute atomic E-state index is 0.00523. The third-order valence-electron chi connectivity index (χ3n) is 4.71. The van der Waals surface area contributed by atoms with Crippen molar-refractivity contribution in [3.63, 3.8) is 0 Å². The molecular weight excluding hydrogens is 268 g/mol. The Bertz CT molecular complexity index is 262. The molecular formula is C13H19BrO2. The summed E-state index contributed by atoms with van der Waals surface area (Å²) in [6.45, 7) is 0. The molecule has 0 aromatic heterocycles. The molecule has 4 bridgehead atoms. The van der Waals surface area contributed by atoms with Gasteiger partial charge in [-0.15, -0.1) is 0 Å². The Morgan fingerprint density at radius 2 is 1.62 bits per heavy atom. The van der Waals surface area contributed by atoms with Gasteiger partial charge in [-0.25, -0.2) is 0 Å². The molecule has 16 heavy (non-hydrogen) atoms. The van der Waals surface area contributed by atoms with Gasteiger partial charge in [-0.05, 0) is 55.8 Å². The lowest BCUT2D eigenvalue weighted by atomic mass is 9.55. The van der Waals surface area contributed by atoms with E-state index in [9.17, 15) is 4.79 Å². The van der Waals surface area contributed by atoms with Gasteiger partial charge in [-0.3, -0.25) is 4.79 Å². The molecule has 0 saturated heterocycles. The van der Waals surface area contributed by atoms with E-state index in [1.54, 1.807) is 0 Å². The molecule has 4 rings (SSSR count). The summed E-state index contributed by atoms with van der Waals surface area (Å²) in [4.78, 5) is 11.6. The molecule has 3 heteroatoms. The van der Waals surface area contributed by atoms with Gasteiger partial charge < -0.3 is 4.74 Å². The second-order valence-corrected chi connectivity index (χ2v) is 6.62. The van der Waals surface area contributed by atoms with Crippen LogP contribution in [-0.2, 0) is 9.53 Å². The number of rotatable bonds is 3. The Labute approximate surface area is 105 Å². The first-order valence-electron chi connectivity index (χ1n) is 6.51. The summed E-state index contributed by atoms with van der Waals surface area (Å²) in [5.74, 6) is 3.28. The Kier molecular flexibility index (Phi) is 2.99. The van der Waals surface area contributed by atoms with E-state index in [0.29, 0.717) is 18.3 Å². The van der Waals surface area contributed by atoms with Crippen LogP contribution in [-0.4, -0.2) is 17.4 Å². The SMILES string of the molecule is O=C(CCBr)OC1C2CC3CC(C2)CC1C3. The molecule has 0 aliphatic heterocycles. The monoisotopic (exact) mass is 286 g/mol. The highest BCUT2D eigenvalue weighted by atomic mass is 79.9. The van der Waals surface area contributed by atoms with Crippen molar-refractivity contribution < 1.29 is 9.53 Å². The zero-order valence-electron chi connectivity index (χ0n) is 9.53. The van der Waals surface area contributed by atoms with Crippen molar-refractivity contribution >= 4 is 21.9 Å². The molecule has 4 saturated carbocycles. The Morgan fingerprint density at radius 3 is 2.12 bits per heavy atom. The van der Waals surface area contributed by atoms with Crippen LogP contribution in [0, 0.1) is 23.7 Å². The minimum Gasteiger partial charge on any atom is -0.462 e. The number of esters is 1. The molecule has 0 atom stereocenters. The lowest BCUT2D eigenvalue weighted by molar-refractivity contribution is -0.170. The van der Waals surface area contributed by atoms with E-state index in [1.807, 2.05) is 0 Å². The first-order chi connectivity index (χ1) is 7.76. The highest BCUT2D eigenvalue weighted by Gasteiger charge is 2.49. The van der Waals surface area contributed by atoms with Gasteiger partial charge in [0.05, 0.1) is 6.42 Å². The Hall–Kier alpha value is -0.0500. The third-order valence-corrected chi connectivity index (χ3v) is 5.10. The fourth-order valence-corrected chi connectivity index (χ4v) is 4.68. The summed E-state index contributed by atoms with van der Waals surface area (Å²) < 4.78 is 5.70. The first-order valence-corrected chi connectivity index (χ1v) is 7.64. The molecule has 4 aliphatic carbocycles. The maximum absolute atomic E-state index is 11.6. The Balaban J connectivity index is 1.65. The van der Waals surface area contributed by atoms with Gasteiger partial charge in [-0.2, -0.15) is 0 Å². The standard InChI is InChI=1S/C13H19BrO2/c14-2-1-12(15)16-13-10-4-8-3-9(6-10)7-11(13)5-8/h8-11,13H,1-7H2. The molecule has 4 fully saturated rings. The van der Waals surface area contributed by atoms with E-state index in [1.165, 1.54) is 32.1 Å².